The highest BCUT2D eigenvalue weighted by atomic mass is 16.5. The molecule has 6 nitrogen and oxygen atoms in total. The lowest BCUT2D eigenvalue weighted by molar-refractivity contribution is -0.142. The first kappa shape index (κ1) is 11.8. The van der Waals surface area contributed by atoms with Gasteiger partial charge < -0.3 is 15.2 Å². The van der Waals surface area contributed by atoms with Gasteiger partial charge in [-0.15, -0.1) is 0 Å². The summed E-state index contributed by atoms with van der Waals surface area (Å²) in [6.07, 6.45) is 1.97. The standard InChI is InChI=1S/C11H15N3O3/c1-7-8(2)13-9(5-12-7)14-11(10(15)16)3-4-17-6-11/h5H,3-4,6H2,1-2H3,(H,13,14)(H,15,16). The van der Waals surface area contributed by atoms with Crippen molar-refractivity contribution in [2.75, 3.05) is 18.5 Å². The number of carboxylic acids is 1. The van der Waals surface area contributed by atoms with Crippen molar-refractivity contribution in [3.8, 4) is 0 Å². The number of rotatable bonds is 3. The Labute approximate surface area is 99.0 Å². The van der Waals surface area contributed by atoms with Crippen LogP contribution in [-0.2, 0) is 9.53 Å². The highest BCUT2D eigenvalue weighted by Crippen LogP contribution is 2.23. The molecule has 92 valence electrons. The maximum Gasteiger partial charge on any atom is 0.331 e. The van der Waals surface area contributed by atoms with Crippen LogP contribution < -0.4 is 5.32 Å². The molecule has 0 spiro atoms. The highest BCUT2D eigenvalue weighted by Gasteiger charge is 2.43. The fourth-order valence-corrected chi connectivity index (χ4v) is 1.73. The van der Waals surface area contributed by atoms with Gasteiger partial charge in [0, 0.05) is 13.0 Å². The first-order valence-electron chi connectivity index (χ1n) is 5.43. The van der Waals surface area contributed by atoms with Gasteiger partial charge >= 0.3 is 5.97 Å². The Hall–Kier alpha value is -1.69. The average Bonchev–Trinajstić information content (AvgIpc) is 2.73. The Morgan fingerprint density at radius 1 is 1.53 bits per heavy atom. The van der Waals surface area contributed by atoms with Gasteiger partial charge in [0.1, 0.15) is 5.82 Å². The molecular weight excluding hydrogens is 222 g/mol. The maximum absolute atomic E-state index is 11.3. The molecule has 6 heteroatoms. The number of anilines is 1. The van der Waals surface area contributed by atoms with E-state index in [-0.39, 0.29) is 6.61 Å². The fourth-order valence-electron chi connectivity index (χ4n) is 1.73. The van der Waals surface area contributed by atoms with E-state index in [0.717, 1.165) is 11.4 Å². The van der Waals surface area contributed by atoms with Gasteiger partial charge in [0.05, 0.1) is 24.2 Å². The van der Waals surface area contributed by atoms with E-state index in [1.165, 1.54) is 0 Å². The van der Waals surface area contributed by atoms with Gasteiger partial charge in [-0.1, -0.05) is 0 Å². The number of hydrogen-bond acceptors (Lipinski definition) is 5. The fraction of sp³-hybridized carbons (Fsp3) is 0.545. The van der Waals surface area contributed by atoms with E-state index in [2.05, 4.69) is 15.3 Å². The molecule has 17 heavy (non-hydrogen) atoms. The van der Waals surface area contributed by atoms with Crippen molar-refractivity contribution in [1.29, 1.82) is 0 Å². The Morgan fingerprint density at radius 3 is 2.82 bits per heavy atom. The third-order valence-corrected chi connectivity index (χ3v) is 2.99. The largest absolute Gasteiger partial charge is 0.479 e. The molecule has 1 atom stereocenters. The number of aromatic nitrogens is 2. The minimum Gasteiger partial charge on any atom is -0.479 e. The minimum absolute atomic E-state index is 0.150. The van der Waals surface area contributed by atoms with E-state index in [4.69, 9.17) is 4.74 Å². The lowest BCUT2D eigenvalue weighted by Crippen LogP contribution is -2.47. The van der Waals surface area contributed by atoms with Crippen LogP contribution in [0.2, 0.25) is 0 Å². The summed E-state index contributed by atoms with van der Waals surface area (Å²) in [6, 6.07) is 0. The smallest absolute Gasteiger partial charge is 0.331 e. The summed E-state index contributed by atoms with van der Waals surface area (Å²) in [5, 5.41) is 12.2. The van der Waals surface area contributed by atoms with E-state index >= 15 is 0 Å². The van der Waals surface area contributed by atoms with Gasteiger partial charge in [-0.25, -0.2) is 9.78 Å². The summed E-state index contributed by atoms with van der Waals surface area (Å²) in [6.45, 7) is 4.29. The molecule has 2 rings (SSSR count). The normalized spacial score (nSPS) is 23.6. The Morgan fingerprint density at radius 2 is 2.29 bits per heavy atom. The molecule has 0 amide bonds. The van der Waals surface area contributed by atoms with Crippen LogP contribution in [0.5, 0.6) is 0 Å². The molecule has 2 heterocycles. The van der Waals surface area contributed by atoms with Crippen molar-refractivity contribution < 1.29 is 14.6 Å². The monoisotopic (exact) mass is 237 g/mol. The first-order chi connectivity index (χ1) is 8.03. The van der Waals surface area contributed by atoms with E-state index in [9.17, 15) is 9.90 Å². The number of nitrogens with one attached hydrogen (secondary N) is 1. The third-order valence-electron chi connectivity index (χ3n) is 2.99. The molecule has 0 saturated carbocycles. The molecule has 0 aromatic carbocycles. The summed E-state index contributed by atoms with van der Waals surface area (Å²) in [5.41, 5.74) is 0.549. The Kier molecular flexibility index (Phi) is 2.97. The number of ether oxygens (including phenoxy) is 1. The molecule has 0 bridgehead atoms. The second-order valence-corrected chi connectivity index (χ2v) is 4.24. The summed E-state index contributed by atoms with van der Waals surface area (Å²) < 4.78 is 5.16. The van der Waals surface area contributed by atoms with Gasteiger partial charge in [-0.05, 0) is 13.8 Å². The van der Waals surface area contributed by atoms with Crippen molar-refractivity contribution in [3.63, 3.8) is 0 Å². The number of aliphatic carboxylic acids is 1. The van der Waals surface area contributed by atoms with Crippen molar-refractivity contribution in [2.45, 2.75) is 25.8 Å². The number of carbonyl (C=O) groups is 1. The van der Waals surface area contributed by atoms with E-state index < -0.39 is 11.5 Å². The first-order valence-corrected chi connectivity index (χ1v) is 5.43. The molecular formula is C11H15N3O3. The molecule has 1 aromatic heterocycles. The van der Waals surface area contributed by atoms with Gasteiger partial charge in [0.25, 0.3) is 0 Å². The SMILES string of the molecule is Cc1ncc(NC2(C(=O)O)CCOC2)nc1C. The van der Waals surface area contributed by atoms with Crippen LogP contribution in [0.3, 0.4) is 0 Å². The zero-order chi connectivity index (χ0) is 12.5. The highest BCUT2D eigenvalue weighted by molar-refractivity contribution is 5.83. The molecule has 2 N–H and O–H groups in total. The third kappa shape index (κ3) is 2.21. The molecule has 0 aliphatic carbocycles. The molecule has 1 aliphatic rings. The molecule has 1 saturated heterocycles. The summed E-state index contributed by atoms with van der Waals surface area (Å²) in [5.74, 6) is -0.448. The van der Waals surface area contributed by atoms with Crippen LogP contribution >= 0.6 is 0 Å². The summed E-state index contributed by atoms with van der Waals surface area (Å²) in [7, 11) is 0. The molecule has 1 aromatic rings. The summed E-state index contributed by atoms with van der Waals surface area (Å²) in [4.78, 5) is 19.7. The molecule has 1 unspecified atom stereocenters. The van der Waals surface area contributed by atoms with Crippen LogP contribution in [0.15, 0.2) is 6.20 Å². The van der Waals surface area contributed by atoms with Gasteiger partial charge in [0.15, 0.2) is 5.54 Å². The van der Waals surface area contributed by atoms with Crippen molar-refractivity contribution >= 4 is 11.8 Å². The second-order valence-electron chi connectivity index (χ2n) is 4.24. The molecule has 1 fully saturated rings. The van der Waals surface area contributed by atoms with Crippen LogP contribution in [0.25, 0.3) is 0 Å². The van der Waals surface area contributed by atoms with Crippen LogP contribution in [0.1, 0.15) is 17.8 Å². The second kappa shape index (κ2) is 4.29. The minimum atomic E-state index is -1.07. The Balaban J connectivity index is 2.23. The van der Waals surface area contributed by atoms with Crippen LogP contribution in [-0.4, -0.2) is 39.8 Å². The predicted octanol–water partition coefficient (Wildman–Crippen LogP) is 0.749. The predicted molar refractivity (Wildman–Crippen MR) is 60.9 cm³/mol. The number of nitrogens with zero attached hydrogens (tertiary/aromatic N) is 2. The maximum atomic E-state index is 11.3. The van der Waals surface area contributed by atoms with E-state index in [0.29, 0.717) is 18.8 Å². The van der Waals surface area contributed by atoms with Crippen molar-refractivity contribution in [1.82, 2.24) is 9.97 Å². The zero-order valence-electron chi connectivity index (χ0n) is 9.86. The topological polar surface area (TPSA) is 84.3 Å². The van der Waals surface area contributed by atoms with Crippen molar-refractivity contribution in [3.05, 3.63) is 17.6 Å². The lowest BCUT2D eigenvalue weighted by atomic mass is 9.99. The van der Waals surface area contributed by atoms with Gasteiger partial charge in [-0.3, -0.25) is 4.98 Å². The zero-order valence-corrected chi connectivity index (χ0v) is 9.86. The van der Waals surface area contributed by atoms with Crippen molar-refractivity contribution in [2.24, 2.45) is 0 Å². The van der Waals surface area contributed by atoms with Gasteiger partial charge in [-0.2, -0.15) is 0 Å². The molecule has 1 aliphatic heterocycles. The summed E-state index contributed by atoms with van der Waals surface area (Å²) >= 11 is 0. The van der Waals surface area contributed by atoms with Crippen LogP contribution in [0.4, 0.5) is 5.82 Å². The number of hydrogen-bond donors (Lipinski definition) is 2. The molecule has 0 radical (unpaired) electrons. The Bertz CT molecular complexity index is 442. The van der Waals surface area contributed by atoms with Gasteiger partial charge in [0.2, 0.25) is 0 Å². The number of carboxylic acid groups (broad SMARTS) is 1. The van der Waals surface area contributed by atoms with E-state index in [1.807, 2.05) is 13.8 Å². The quantitative estimate of drug-likeness (QED) is 0.807. The lowest BCUT2D eigenvalue weighted by Gasteiger charge is -2.24. The average molecular weight is 237 g/mol. The van der Waals surface area contributed by atoms with Crippen LogP contribution in [0, 0.1) is 13.8 Å². The number of aryl methyl sites for hydroxylation is 2. The van der Waals surface area contributed by atoms with E-state index in [1.54, 1.807) is 6.20 Å².